The predicted octanol–water partition coefficient (Wildman–Crippen LogP) is 0.897. The molecule has 1 fully saturated rings. The van der Waals surface area contributed by atoms with Crippen LogP contribution in [0.5, 0.6) is 0 Å². The van der Waals surface area contributed by atoms with Gasteiger partial charge in [-0.3, -0.25) is 24.6 Å². The summed E-state index contributed by atoms with van der Waals surface area (Å²) in [6, 6.07) is 4.57. The molecule has 1 aliphatic heterocycles. The van der Waals surface area contributed by atoms with E-state index in [-0.39, 0.29) is 17.5 Å². The Morgan fingerprint density at radius 3 is 2.41 bits per heavy atom. The number of likely N-dealkylation sites (N-methyl/N-ethyl adjacent to an activating group) is 1. The molecule has 148 valence electrons. The third-order valence-electron chi connectivity index (χ3n) is 4.63. The molecule has 0 spiro atoms. The quantitative estimate of drug-likeness (QED) is 0.559. The van der Waals surface area contributed by atoms with Crippen molar-refractivity contribution in [2.24, 2.45) is 0 Å². The molecule has 0 bridgehead atoms. The van der Waals surface area contributed by atoms with Crippen LogP contribution in [0, 0.1) is 10.1 Å². The molecule has 1 aromatic carbocycles. The number of amides is 2. The minimum Gasteiger partial charge on any atom is -0.372 e. The van der Waals surface area contributed by atoms with Gasteiger partial charge in [-0.25, -0.2) is 0 Å². The first-order chi connectivity index (χ1) is 12.7. The average Bonchev–Trinajstić information content (AvgIpc) is 2.85. The number of nitro benzene ring substituents is 1. The van der Waals surface area contributed by atoms with Crippen molar-refractivity contribution in [3.8, 4) is 0 Å². The molecule has 0 N–H and O–H groups in total. The Balaban J connectivity index is 2.10. The molecule has 0 aromatic heterocycles. The van der Waals surface area contributed by atoms with E-state index in [1.807, 2.05) is 4.90 Å². The summed E-state index contributed by atoms with van der Waals surface area (Å²) in [6.45, 7) is 2.72. The van der Waals surface area contributed by atoms with E-state index in [4.69, 9.17) is 0 Å². The number of hydrogen-bond donors (Lipinski definition) is 0. The fourth-order valence-corrected chi connectivity index (χ4v) is 3.03. The van der Waals surface area contributed by atoms with Gasteiger partial charge >= 0.3 is 0 Å². The topological polar surface area (TPSA) is 90.2 Å². The van der Waals surface area contributed by atoms with Gasteiger partial charge in [-0.15, -0.1) is 0 Å². The number of benzene rings is 1. The van der Waals surface area contributed by atoms with E-state index in [0.29, 0.717) is 37.4 Å². The normalized spacial score (nSPS) is 15.2. The third-order valence-corrected chi connectivity index (χ3v) is 4.63. The first-order valence-corrected chi connectivity index (χ1v) is 8.88. The van der Waals surface area contributed by atoms with E-state index in [1.165, 1.54) is 6.07 Å². The molecule has 2 rings (SSSR count). The maximum atomic E-state index is 12.8. The Bertz CT molecular complexity index is 720. The first kappa shape index (κ1) is 20.6. The van der Waals surface area contributed by atoms with Crippen LogP contribution in [-0.4, -0.2) is 92.4 Å². The van der Waals surface area contributed by atoms with E-state index >= 15 is 0 Å². The third kappa shape index (κ3) is 5.16. The van der Waals surface area contributed by atoms with Gasteiger partial charge in [0.15, 0.2) is 0 Å². The van der Waals surface area contributed by atoms with Crippen molar-refractivity contribution >= 4 is 23.2 Å². The molecule has 1 heterocycles. The maximum absolute atomic E-state index is 12.8. The summed E-state index contributed by atoms with van der Waals surface area (Å²) < 4.78 is 0. The molecule has 0 atom stereocenters. The number of anilines is 1. The van der Waals surface area contributed by atoms with Gasteiger partial charge < -0.3 is 14.7 Å². The molecular weight excluding hydrogens is 350 g/mol. The van der Waals surface area contributed by atoms with Crippen molar-refractivity contribution in [3.63, 3.8) is 0 Å². The number of nitrogens with zero attached hydrogens (tertiary/aromatic N) is 5. The number of nitro groups is 1. The first-order valence-electron chi connectivity index (χ1n) is 8.88. The lowest BCUT2D eigenvalue weighted by Gasteiger charge is -2.23. The molecule has 0 unspecified atom stereocenters. The molecule has 27 heavy (non-hydrogen) atoms. The van der Waals surface area contributed by atoms with E-state index in [2.05, 4.69) is 0 Å². The van der Waals surface area contributed by atoms with Gasteiger partial charge in [0.2, 0.25) is 5.91 Å². The molecule has 9 nitrogen and oxygen atoms in total. The minimum absolute atomic E-state index is 0.0321. The van der Waals surface area contributed by atoms with E-state index in [0.717, 1.165) is 13.0 Å². The van der Waals surface area contributed by atoms with Crippen molar-refractivity contribution in [2.75, 3.05) is 65.8 Å². The van der Waals surface area contributed by atoms with Crippen LogP contribution in [0.15, 0.2) is 18.2 Å². The lowest BCUT2D eigenvalue weighted by Crippen LogP contribution is -2.39. The summed E-state index contributed by atoms with van der Waals surface area (Å²) in [5.74, 6) is -0.186. The van der Waals surface area contributed by atoms with E-state index < -0.39 is 4.92 Å². The van der Waals surface area contributed by atoms with Crippen molar-refractivity contribution in [1.29, 1.82) is 0 Å². The molecule has 1 saturated heterocycles. The second-order valence-corrected chi connectivity index (χ2v) is 7.07. The Morgan fingerprint density at radius 2 is 1.81 bits per heavy atom. The fraction of sp³-hybridized carbons (Fsp3) is 0.556. The molecule has 0 saturated carbocycles. The highest BCUT2D eigenvalue weighted by atomic mass is 16.6. The zero-order chi connectivity index (χ0) is 20.1. The van der Waals surface area contributed by atoms with Crippen LogP contribution in [-0.2, 0) is 4.79 Å². The standard InChI is InChI=1S/C18H27N5O4/c1-19(2)15-7-6-14(12-16(15)23(26)27)18(25)22-9-5-8-21(10-11-22)13-17(24)20(3)4/h6-7,12H,5,8-11,13H2,1-4H3. The van der Waals surface area contributed by atoms with Gasteiger partial charge in [0.05, 0.1) is 11.5 Å². The summed E-state index contributed by atoms with van der Waals surface area (Å²) in [7, 11) is 6.89. The van der Waals surface area contributed by atoms with E-state index in [9.17, 15) is 19.7 Å². The number of carbonyl (C=O) groups excluding carboxylic acids is 2. The molecular formula is C18H27N5O4. The van der Waals surface area contributed by atoms with Crippen LogP contribution in [0.1, 0.15) is 16.8 Å². The highest BCUT2D eigenvalue weighted by molar-refractivity contribution is 5.95. The van der Waals surface area contributed by atoms with Crippen molar-refractivity contribution in [2.45, 2.75) is 6.42 Å². The second kappa shape index (κ2) is 8.81. The van der Waals surface area contributed by atoms with Crippen LogP contribution in [0.2, 0.25) is 0 Å². The van der Waals surface area contributed by atoms with Crippen LogP contribution in [0.4, 0.5) is 11.4 Å². The number of rotatable bonds is 5. The number of hydrogen-bond acceptors (Lipinski definition) is 6. The lowest BCUT2D eigenvalue weighted by atomic mass is 10.1. The van der Waals surface area contributed by atoms with Crippen LogP contribution in [0.3, 0.4) is 0 Å². The van der Waals surface area contributed by atoms with Crippen molar-refractivity contribution < 1.29 is 14.5 Å². The molecule has 1 aliphatic rings. The Kier molecular flexibility index (Phi) is 6.73. The molecule has 1 aromatic rings. The molecule has 2 amide bonds. The minimum atomic E-state index is -0.469. The highest BCUT2D eigenvalue weighted by Gasteiger charge is 2.24. The zero-order valence-electron chi connectivity index (χ0n) is 16.3. The Morgan fingerprint density at radius 1 is 1.11 bits per heavy atom. The van der Waals surface area contributed by atoms with E-state index in [1.54, 1.807) is 55.0 Å². The van der Waals surface area contributed by atoms with Gasteiger partial charge in [0.1, 0.15) is 5.69 Å². The fourth-order valence-electron chi connectivity index (χ4n) is 3.03. The molecule has 9 heteroatoms. The van der Waals surface area contributed by atoms with Gasteiger partial charge in [-0.1, -0.05) is 0 Å². The van der Waals surface area contributed by atoms with Crippen molar-refractivity contribution in [1.82, 2.24) is 14.7 Å². The lowest BCUT2D eigenvalue weighted by molar-refractivity contribution is -0.384. The smallest absolute Gasteiger partial charge is 0.293 e. The SMILES string of the molecule is CN(C)C(=O)CN1CCCN(C(=O)c2ccc(N(C)C)c([N+](=O)[O-])c2)CC1. The van der Waals surface area contributed by atoms with Crippen LogP contribution >= 0.6 is 0 Å². The largest absolute Gasteiger partial charge is 0.372 e. The molecule has 0 radical (unpaired) electrons. The van der Waals surface area contributed by atoms with Gasteiger partial charge in [-0.05, 0) is 18.6 Å². The van der Waals surface area contributed by atoms with Crippen LogP contribution in [0.25, 0.3) is 0 Å². The molecule has 0 aliphatic carbocycles. The summed E-state index contributed by atoms with van der Waals surface area (Å²) in [6.07, 6.45) is 0.754. The van der Waals surface area contributed by atoms with Crippen molar-refractivity contribution in [3.05, 3.63) is 33.9 Å². The number of carbonyl (C=O) groups is 2. The van der Waals surface area contributed by atoms with Gasteiger partial charge in [-0.2, -0.15) is 0 Å². The second-order valence-electron chi connectivity index (χ2n) is 7.07. The predicted molar refractivity (Wildman–Crippen MR) is 103 cm³/mol. The summed E-state index contributed by atoms with van der Waals surface area (Å²) >= 11 is 0. The highest BCUT2D eigenvalue weighted by Crippen LogP contribution is 2.28. The average molecular weight is 377 g/mol. The maximum Gasteiger partial charge on any atom is 0.293 e. The monoisotopic (exact) mass is 377 g/mol. The zero-order valence-corrected chi connectivity index (χ0v) is 16.3. The summed E-state index contributed by atoms with van der Waals surface area (Å²) in [4.78, 5) is 42.5. The summed E-state index contributed by atoms with van der Waals surface area (Å²) in [5, 5.41) is 11.3. The Hall–Kier alpha value is -2.68. The van der Waals surface area contributed by atoms with Gasteiger partial charge in [0.25, 0.3) is 11.6 Å². The summed E-state index contributed by atoms with van der Waals surface area (Å²) in [5.41, 5.74) is 0.685. The Labute approximate surface area is 159 Å². The van der Waals surface area contributed by atoms with Crippen LogP contribution < -0.4 is 4.90 Å². The van der Waals surface area contributed by atoms with Gasteiger partial charge in [0, 0.05) is 66.0 Å².